The molecule has 0 spiro atoms. The molecule has 0 bridgehead atoms. The maximum atomic E-state index is 13.4. The van der Waals surface area contributed by atoms with E-state index in [2.05, 4.69) is 0 Å². The molecule has 1 atom stereocenters. The molecular weight excluding hydrogens is 219 g/mol. The fourth-order valence-corrected chi connectivity index (χ4v) is 1.84. The van der Waals surface area contributed by atoms with Crippen LogP contribution in [-0.2, 0) is 6.42 Å². The third kappa shape index (κ3) is 2.24. The Morgan fingerprint density at radius 3 is 2.76 bits per heavy atom. The van der Waals surface area contributed by atoms with Crippen LogP contribution in [-0.4, -0.2) is 5.11 Å². The van der Waals surface area contributed by atoms with Gasteiger partial charge in [-0.25, -0.2) is 4.39 Å². The van der Waals surface area contributed by atoms with Crippen molar-refractivity contribution in [3.8, 4) is 0 Å². The quantitative estimate of drug-likeness (QED) is 0.883. The van der Waals surface area contributed by atoms with Gasteiger partial charge in [0, 0.05) is 12.0 Å². The minimum atomic E-state index is -0.834. The molecule has 90 valence electrons. The first-order chi connectivity index (χ1) is 8.13. The largest absolute Gasteiger partial charge is 0.469 e. The number of aryl methyl sites for hydroxylation is 2. The van der Waals surface area contributed by atoms with E-state index in [4.69, 9.17) is 4.42 Å². The van der Waals surface area contributed by atoms with Crippen molar-refractivity contribution in [3.05, 3.63) is 58.8 Å². The van der Waals surface area contributed by atoms with E-state index in [-0.39, 0.29) is 5.82 Å². The number of aliphatic hydroxyl groups excluding tert-OH is 1. The van der Waals surface area contributed by atoms with Gasteiger partial charge in [0.25, 0.3) is 0 Å². The molecule has 0 saturated carbocycles. The molecule has 1 aromatic heterocycles. The van der Waals surface area contributed by atoms with Crippen molar-refractivity contribution in [3.63, 3.8) is 0 Å². The van der Waals surface area contributed by atoms with Crippen molar-refractivity contribution in [1.82, 2.24) is 0 Å². The summed E-state index contributed by atoms with van der Waals surface area (Å²) in [5, 5.41) is 10.2. The number of halogens is 1. The normalized spacial score (nSPS) is 12.7. The molecule has 0 aliphatic rings. The second-order valence-electron chi connectivity index (χ2n) is 4.06. The highest BCUT2D eigenvalue weighted by Gasteiger charge is 2.17. The van der Waals surface area contributed by atoms with Crippen LogP contribution in [0.2, 0.25) is 0 Å². The predicted octanol–water partition coefficient (Wildman–Crippen LogP) is 3.37. The van der Waals surface area contributed by atoms with E-state index < -0.39 is 6.10 Å². The van der Waals surface area contributed by atoms with Gasteiger partial charge >= 0.3 is 0 Å². The number of benzene rings is 1. The zero-order chi connectivity index (χ0) is 12.4. The third-order valence-corrected chi connectivity index (χ3v) is 2.91. The Morgan fingerprint density at radius 1 is 1.35 bits per heavy atom. The molecule has 1 aromatic carbocycles. The standard InChI is InChI=1S/C14H15FO2/c1-3-13-11(6-7-17-13)14(16)10-5-4-9(2)12(15)8-10/h4-8,14,16H,3H2,1-2H3. The maximum absolute atomic E-state index is 13.4. The van der Waals surface area contributed by atoms with E-state index in [1.54, 1.807) is 31.4 Å². The number of hydrogen-bond acceptors (Lipinski definition) is 2. The lowest BCUT2D eigenvalue weighted by Crippen LogP contribution is -2.02. The Hall–Kier alpha value is -1.61. The monoisotopic (exact) mass is 234 g/mol. The molecule has 0 aliphatic heterocycles. The summed E-state index contributed by atoms with van der Waals surface area (Å²) in [5.74, 6) is 0.432. The molecule has 2 rings (SSSR count). The molecule has 17 heavy (non-hydrogen) atoms. The Labute approximate surface area is 99.7 Å². The molecule has 0 radical (unpaired) electrons. The van der Waals surface area contributed by atoms with Gasteiger partial charge in [-0.1, -0.05) is 19.1 Å². The molecule has 2 nitrogen and oxygen atoms in total. The van der Waals surface area contributed by atoms with Crippen LogP contribution < -0.4 is 0 Å². The minimum absolute atomic E-state index is 0.303. The molecular formula is C14H15FO2. The highest BCUT2D eigenvalue weighted by atomic mass is 19.1. The minimum Gasteiger partial charge on any atom is -0.469 e. The van der Waals surface area contributed by atoms with E-state index in [0.29, 0.717) is 23.1 Å². The van der Waals surface area contributed by atoms with Gasteiger partial charge in [-0.3, -0.25) is 0 Å². The SMILES string of the molecule is CCc1occc1C(O)c1ccc(C)c(F)c1. The van der Waals surface area contributed by atoms with Gasteiger partial charge < -0.3 is 9.52 Å². The lowest BCUT2D eigenvalue weighted by atomic mass is 10.00. The summed E-state index contributed by atoms with van der Waals surface area (Å²) in [5.41, 5.74) is 1.82. The van der Waals surface area contributed by atoms with Crippen LogP contribution in [0.4, 0.5) is 4.39 Å². The van der Waals surface area contributed by atoms with Crippen LogP contribution in [0.25, 0.3) is 0 Å². The van der Waals surface area contributed by atoms with E-state index >= 15 is 0 Å². The highest BCUT2D eigenvalue weighted by Crippen LogP contribution is 2.27. The van der Waals surface area contributed by atoms with Crippen LogP contribution in [0.5, 0.6) is 0 Å². The molecule has 0 saturated heterocycles. The first-order valence-electron chi connectivity index (χ1n) is 5.64. The van der Waals surface area contributed by atoms with Crippen LogP contribution in [0.3, 0.4) is 0 Å². The van der Waals surface area contributed by atoms with E-state index in [0.717, 1.165) is 5.76 Å². The van der Waals surface area contributed by atoms with Crippen molar-refractivity contribution in [2.45, 2.75) is 26.4 Å². The first kappa shape index (κ1) is 11.9. The summed E-state index contributed by atoms with van der Waals surface area (Å²) in [6.07, 6.45) is 1.41. The highest BCUT2D eigenvalue weighted by molar-refractivity contribution is 5.33. The molecule has 1 N–H and O–H groups in total. The molecule has 2 aromatic rings. The van der Waals surface area contributed by atoms with E-state index in [1.807, 2.05) is 6.92 Å². The molecule has 1 unspecified atom stereocenters. The Balaban J connectivity index is 2.36. The number of aliphatic hydroxyl groups is 1. The summed E-state index contributed by atoms with van der Waals surface area (Å²) in [6, 6.07) is 6.49. The molecule has 3 heteroatoms. The Kier molecular flexibility index (Phi) is 3.29. The average molecular weight is 234 g/mol. The summed E-state index contributed by atoms with van der Waals surface area (Å²) in [4.78, 5) is 0. The second kappa shape index (κ2) is 4.72. The lowest BCUT2D eigenvalue weighted by molar-refractivity contribution is 0.217. The summed E-state index contributed by atoms with van der Waals surface area (Å²) in [6.45, 7) is 3.64. The first-order valence-corrected chi connectivity index (χ1v) is 5.64. The van der Waals surface area contributed by atoms with Crippen molar-refractivity contribution < 1.29 is 13.9 Å². The van der Waals surface area contributed by atoms with Crippen molar-refractivity contribution in [1.29, 1.82) is 0 Å². The van der Waals surface area contributed by atoms with E-state index in [9.17, 15) is 9.50 Å². The van der Waals surface area contributed by atoms with Crippen LogP contribution in [0.15, 0.2) is 34.9 Å². The van der Waals surface area contributed by atoms with Gasteiger partial charge in [0.1, 0.15) is 17.7 Å². The smallest absolute Gasteiger partial charge is 0.126 e. The topological polar surface area (TPSA) is 33.4 Å². The van der Waals surface area contributed by atoms with Gasteiger partial charge in [0.15, 0.2) is 0 Å². The fourth-order valence-electron chi connectivity index (χ4n) is 1.84. The molecule has 1 heterocycles. The molecule has 0 amide bonds. The van der Waals surface area contributed by atoms with Crippen molar-refractivity contribution in [2.24, 2.45) is 0 Å². The predicted molar refractivity (Wildman–Crippen MR) is 63.3 cm³/mol. The van der Waals surface area contributed by atoms with E-state index in [1.165, 1.54) is 6.07 Å². The zero-order valence-corrected chi connectivity index (χ0v) is 9.90. The Morgan fingerprint density at radius 2 is 2.12 bits per heavy atom. The van der Waals surface area contributed by atoms with Crippen LogP contribution >= 0.6 is 0 Å². The van der Waals surface area contributed by atoms with Gasteiger partial charge in [0.2, 0.25) is 0 Å². The third-order valence-electron chi connectivity index (χ3n) is 2.91. The molecule has 0 aliphatic carbocycles. The van der Waals surface area contributed by atoms with Crippen molar-refractivity contribution >= 4 is 0 Å². The molecule has 0 fully saturated rings. The van der Waals surface area contributed by atoms with Crippen LogP contribution in [0.1, 0.15) is 35.5 Å². The number of hydrogen-bond donors (Lipinski definition) is 1. The number of rotatable bonds is 3. The van der Waals surface area contributed by atoms with Gasteiger partial charge in [0.05, 0.1) is 6.26 Å². The fraction of sp³-hybridized carbons (Fsp3) is 0.286. The lowest BCUT2D eigenvalue weighted by Gasteiger charge is -2.11. The zero-order valence-electron chi connectivity index (χ0n) is 9.90. The summed E-state index contributed by atoms with van der Waals surface area (Å²) in [7, 11) is 0. The maximum Gasteiger partial charge on any atom is 0.126 e. The van der Waals surface area contributed by atoms with Gasteiger partial charge in [-0.2, -0.15) is 0 Å². The Bertz CT molecular complexity index is 517. The second-order valence-corrected chi connectivity index (χ2v) is 4.06. The van der Waals surface area contributed by atoms with Crippen molar-refractivity contribution in [2.75, 3.05) is 0 Å². The van der Waals surface area contributed by atoms with Crippen LogP contribution in [0, 0.1) is 12.7 Å². The summed E-state index contributed by atoms with van der Waals surface area (Å²) >= 11 is 0. The number of furan rings is 1. The average Bonchev–Trinajstić information content (AvgIpc) is 2.80. The van der Waals surface area contributed by atoms with Gasteiger partial charge in [-0.05, 0) is 30.2 Å². The summed E-state index contributed by atoms with van der Waals surface area (Å²) < 4.78 is 18.7. The van der Waals surface area contributed by atoms with Gasteiger partial charge in [-0.15, -0.1) is 0 Å².